The van der Waals surface area contributed by atoms with E-state index in [0.29, 0.717) is 12.7 Å². The molecule has 0 aromatic carbocycles. The van der Waals surface area contributed by atoms with Crippen LogP contribution in [0, 0.1) is 0 Å². The lowest BCUT2D eigenvalue weighted by atomic mass is 10.3. The number of aliphatic hydroxyl groups excluding tert-OH is 1. The third kappa shape index (κ3) is 5.54. The summed E-state index contributed by atoms with van der Waals surface area (Å²) in [6.45, 7) is 6.01. The minimum Gasteiger partial charge on any atom is -0.394 e. The predicted octanol–water partition coefficient (Wildman–Crippen LogP) is 0.578. The van der Waals surface area contributed by atoms with E-state index < -0.39 is 0 Å². The topological polar surface area (TPSA) is 51.2 Å². The van der Waals surface area contributed by atoms with Gasteiger partial charge in [-0.2, -0.15) is 0 Å². The van der Waals surface area contributed by atoms with Crippen LogP contribution in [0.4, 0.5) is 0 Å². The van der Waals surface area contributed by atoms with Gasteiger partial charge in [-0.1, -0.05) is 0 Å². The van der Waals surface area contributed by atoms with Gasteiger partial charge in [0, 0.05) is 6.61 Å². The first-order valence-corrected chi connectivity index (χ1v) is 5.18. The van der Waals surface area contributed by atoms with Crippen LogP contribution < -0.4 is 0 Å². The molecule has 84 valence electrons. The van der Waals surface area contributed by atoms with Crippen molar-refractivity contribution in [3.63, 3.8) is 0 Å². The molecule has 0 aliphatic carbocycles. The van der Waals surface area contributed by atoms with Gasteiger partial charge in [-0.25, -0.2) is 0 Å². The zero-order valence-corrected chi connectivity index (χ0v) is 8.94. The minimum absolute atomic E-state index is 0.0582. The van der Waals surface area contributed by atoms with Gasteiger partial charge in [0.05, 0.1) is 38.1 Å². The molecule has 4 heteroatoms. The molecule has 0 bridgehead atoms. The van der Waals surface area contributed by atoms with E-state index in [-0.39, 0.29) is 18.8 Å². The zero-order chi connectivity index (χ0) is 10.4. The molecule has 0 saturated carbocycles. The molecule has 1 rings (SSSR count). The number of hydrogen-bond donors (Lipinski definition) is 1. The fraction of sp³-hybridized carbons (Fsp3) is 1.00. The molecule has 0 aromatic heterocycles. The van der Waals surface area contributed by atoms with E-state index in [1.165, 1.54) is 0 Å². The summed E-state index contributed by atoms with van der Waals surface area (Å²) >= 11 is 0. The summed E-state index contributed by atoms with van der Waals surface area (Å²) in [7, 11) is 0. The molecule has 1 heterocycles. The van der Waals surface area contributed by atoms with E-state index in [4.69, 9.17) is 19.3 Å². The molecule has 14 heavy (non-hydrogen) atoms. The smallest absolute Gasteiger partial charge is 0.0831 e. The van der Waals surface area contributed by atoms with Crippen molar-refractivity contribution < 1.29 is 19.3 Å². The van der Waals surface area contributed by atoms with Gasteiger partial charge in [0.25, 0.3) is 0 Å². The maximum Gasteiger partial charge on any atom is 0.0831 e. The Morgan fingerprint density at radius 3 is 2.64 bits per heavy atom. The summed E-state index contributed by atoms with van der Waals surface area (Å²) in [5.74, 6) is 0. The maximum absolute atomic E-state index is 8.72. The van der Waals surface area contributed by atoms with E-state index in [0.717, 1.165) is 19.6 Å². The number of aliphatic hydroxyl groups is 1. The molecule has 3 unspecified atom stereocenters. The van der Waals surface area contributed by atoms with Gasteiger partial charge in [-0.05, 0) is 20.3 Å². The minimum atomic E-state index is -0.104. The van der Waals surface area contributed by atoms with Crippen molar-refractivity contribution in [2.75, 3.05) is 26.4 Å². The van der Waals surface area contributed by atoms with Gasteiger partial charge in [-0.15, -0.1) is 0 Å². The Kier molecular flexibility index (Phi) is 5.40. The van der Waals surface area contributed by atoms with Crippen LogP contribution in [-0.4, -0.2) is 49.8 Å². The molecule has 1 aliphatic rings. The zero-order valence-electron chi connectivity index (χ0n) is 8.94. The van der Waals surface area contributed by atoms with Crippen LogP contribution in [0.5, 0.6) is 0 Å². The van der Waals surface area contributed by atoms with Crippen molar-refractivity contribution in [3.05, 3.63) is 0 Å². The largest absolute Gasteiger partial charge is 0.394 e. The maximum atomic E-state index is 8.72. The van der Waals surface area contributed by atoms with E-state index in [2.05, 4.69) is 0 Å². The fourth-order valence-electron chi connectivity index (χ4n) is 1.04. The van der Waals surface area contributed by atoms with Gasteiger partial charge < -0.3 is 19.3 Å². The van der Waals surface area contributed by atoms with Crippen LogP contribution in [0.15, 0.2) is 0 Å². The molecule has 0 amide bonds. The highest BCUT2D eigenvalue weighted by atomic mass is 16.6. The molecular weight excluding hydrogens is 184 g/mol. The van der Waals surface area contributed by atoms with Gasteiger partial charge >= 0.3 is 0 Å². The van der Waals surface area contributed by atoms with Crippen LogP contribution in [0.25, 0.3) is 0 Å². The normalized spacial score (nSPS) is 24.6. The van der Waals surface area contributed by atoms with Gasteiger partial charge in [0.1, 0.15) is 0 Å². The van der Waals surface area contributed by atoms with Crippen molar-refractivity contribution in [1.29, 1.82) is 0 Å². The lowest BCUT2D eigenvalue weighted by Gasteiger charge is -2.15. The molecule has 0 spiro atoms. The number of epoxide rings is 1. The predicted molar refractivity (Wildman–Crippen MR) is 52.3 cm³/mol. The van der Waals surface area contributed by atoms with E-state index in [1.54, 1.807) is 0 Å². The summed E-state index contributed by atoms with van der Waals surface area (Å²) < 4.78 is 15.9. The average molecular weight is 204 g/mol. The van der Waals surface area contributed by atoms with Crippen molar-refractivity contribution in [3.8, 4) is 0 Å². The second-order valence-electron chi connectivity index (χ2n) is 3.75. The molecule has 3 atom stereocenters. The second-order valence-corrected chi connectivity index (χ2v) is 3.75. The van der Waals surface area contributed by atoms with Gasteiger partial charge in [0.2, 0.25) is 0 Å². The molecular formula is C10H20O4. The number of rotatable bonds is 8. The Hall–Kier alpha value is -0.160. The van der Waals surface area contributed by atoms with Crippen molar-refractivity contribution in [1.82, 2.24) is 0 Å². The lowest BCUT2D eigenvalue weighted by molar-refractivity contribution is -0.0464. The molecule has 1 aliphatic heterocycles. The fourth-order valence-corrected chi connectivity index (χ4v) is 1.04. The van der Waals surface area contributed by atoms with Crippen LogP contribution in [0.1, 0.15) is 20.3 Å². The summed E-state index contributed by atoms with van der Waals surface area (Å²) in [4.78, 5) is 0. The van der Waals surface area contributed by atoms with Crippen molar-refractivity contribution in [2.24, 2.45) is 0 Å². The SMILES string of the molecule is CC(CO)OCC(C)OCCC1CO1. The highest BCUT2D eigenvalue weighted by Crippen LogP contribution is 2.13. The van der Waals surface area contributed by atoms with Crippen LogP contribution >= 0.6 is 0 Å². The van der Waals surface area contributed by atoms with Crippen molar-refractivity contribution in [2.45, 2.75) is 38.6 Å². The first-order chi connectivity index (χ1) is 6.72. The molecule has 1 saturated heterocycles. The molecule has 1 N–H and O–H groups in total. The Morgan fingerprint density at radius 2 is 2.07 bits per heavy atom. The van der Waals surface area contributed by atoms with E-state index >= 15 is 0 Å². The highest BCUT2D eigenvalue weighted by molar-refractivity contribution is 4.68. The summed E-state index contributed by atoms with van der Waals surface area (Å²) in [5, 5.41) is 8.72. The second kappa shape index (κ2) is 6.35. The third-order valence-corrected chi connectivity index (χ3v) is 2.12. The van der Waals surface area contributed by atoms with Crippen LogP contribution in [-0.2, 0) is 14.2 Å². The Bertz CT molecular complexity index is 147. The van der Waals surface area contributed by atoms with Gasteiger partial charge in [-0.3, -0.25) is 0 Å². The Morgan fingerprint density at radius 1 is 1.36 bits per heavy atom. The molecule has 0 radical (unpaired) electrons. The quantitative estimate of drug-likeness (QED) is 0.587. The van der Waals surface area contributed by atoms with E-state index in [9.17, 15) is 0 Å². The first kappa shape index (κ1) is 11.9. The third-order valence-electron chi connectivity index (χ3n) is 2.12. The first-order valence-electron chi connectivity index (χ1n) is 5.18. The Balaban J connectivity index is 1.89. The molecule has 0 aromatic rings. The monoisotopic (exact) mass is 204 g/mol. The molecule has 1 fully saturated rings. The summed E-state index contributed by atoms with van der Waals surface area (Å²) in [5.41, 5.74) is 0. The molecule has 4 nitrogen and oxygen atoms in total. The van der Waals surface area contributed by atoms with E-state index in [1.807, 2.05) is 13.8 Å². The van der Waals surface area contributed by atoms with Crippen LogP contribution in [0.3, 0.4) is 0 Å². The van der Waals surface area contributed by atoms with Gasteiger partial charge in [0.15, 0.2) is 0 Å². The highest BCUT2D eigenvalue weighted by Gasteiger charge is 2.21. The average Bonchev–Trinajstić information content (AvgIpc) is 2.98. The Labute approximate surface area is 85.2 Å². The number of hydrogen-bond acceptors (Lipinski definition) is 4. The summed E-state index contributed by atoms with van der Waals surface area (Å²) in [6.07, 6.45) is 1.38. The van der Waals surface area contributed by atoms with Crippen LogP contribution in [0.2, 0.25) is 0 Å². The lowest BCUT2D eigenvalue weighted by Crippen LogP contribution is -2.22. The summed E-state index contributed by atoms with van der Waals surface area (Å²) in [6, 6.07) is 0. The van der Waals surface area contributed by atoms with Crippen molar-refractivity contribution >= 4 is 0 Å². The standard InChI is InChI=1S/C10H20O4/c1-8(5-11)13-6-9(2)12-4-3-10-7-14-10/h8-11H,3-7H2,1-2H3. The number of ether oxygens (including phenoxy) is 3.